The van der Waals surface area contributed by atoms with Crippen molar-refractivity contribution < 1.29 is 13.2 Å². The zero-order chi connectivity index (χ0) is 23.8. The Morgan fingerprint density at radius 1 is 1.12 bits per heavy atom. The maximum absolute atomic E-state index is 13.1. The molecule has 10 nitrogen and oxygen atoms in total. The lowest BCUT2D eigenvalue weighted by Gasteiger charge is -2.20. The lowest BCUT2D eigenvalue weighted by Crippen LogP contribution is -2.36. The predicted molar refractivity (Wildman–Crippen MR) is 123 cm³/mol. The first kappa shape index (κ1) is 22.6. The van der Waals surface area contributed by atoms with Gasteiger partial charge in [-0.15, -0.1) is 5.10 Å². The first-order valence-corrected chi connectivity index (χ1v) is 11.9. The van der Waals surface area contributed by atoms with Gasteiger partial charge in [-0.1, -0.05) is 43.3 Å². The van der Waals surface area contributed by atoms with Crippen molar-refractivity contribution in [2.75, 3.05) is 0 Å². The standard InChI is InChI=1S/C22H25N7O3S/c1-14(2)21(22(30)24-12-20-25-17-6-4-5-7-19(17)28(20)3)29-13-18(26-27-29)15-8-10-16(11-9-15)33(23,31)32/h4-11,13-14,21H,12H2,1-3H3,(H,24,30)(H2,23,31,32). The lowest BCUT2D eigenvalue weighted by atomic mass is 10.0. The van der Waals surface area contributed by atoms with Crippen molar-refractivity contribution in [1.82, 2.24) is 29.9 Å². The highest BCUT2D eigenvalue weighted by molar-refractivity contribution is 7.89. The van der Waals surface area contributed by atoms with Gasteiger partial charge in [0.15, 0.2) is 0 Å². The van der Waals surface area contributed by atoms with Gasteiger partial charge in [-0.05, 0) is 30.2 Å². The van der Waals surface area contributed by atoms with Crippen molar-refractivity contribution >= 4 is 27.0 Å². The molecule has 0 radical (unpaired) electrons. The number of para-hydroxylation sites is 2. The predicted octanol–water partition coefficient (Wildman–Crippen LogP) is 1.99. The summed E-state index contributed by atoms with van der Waals surface area (Å²) in [5.74, 6) is 0.504. The molecule has 1 unspecified atom stereocenters. The van der Waals surface area contributed by atoms with E-state index in [1.807, 2.05) is 49.7 Å². The van der Waals surface area contributed by atoms with E-state index in [0.717, 1.165) is 16.9 Å². The molecule has 0 aliphatic heterocycles. The van der Waals surface area contributed by atoms with E-state index >= 15 is 0 Å². The van der Waals surface area contributed by atoms with Gasteiger partial charge in [-0.3, -0.25) is 4.79 Å². The fourth-order valence-electron chi connectivity index (χ4n) is 3.71. The van der Waals surface area contributed by atoms with Crippen molar-refractivity contribution in [3.8, 4) is 11.3 Å². The SMILES string of the molecule is CC(C)C(C(=O)NCc1nc2ccccc2n1C)n1cc(-c2ccc(S(N)(=O)=O)cc2)nn1. The van der Waals surface area contributed by atoms with E-state index in [1.54, 1.807) is 18.3 Å². The minimum absolute atomic E-state index is 0.0139. The summed E-state index contributed by atoms with van der Waals surface area (Å²) in [4.78, 5) is 17.7. The van der Waals surface area contributed by atoms with E-state index in [9.17, 15) is 13.2 Å². The molecule has 4 aromatic rings. The Hall–Kier alpha value is -3.57. The Morgan fingerprint density at radius 3 is 2.45 bits per heavy atom. The average molecular weight is 468 g/mol. The van der Waals surface area contributed by atoms with E-state index in [0.29, 0.717) is 11.3 Å². The molecule has 1 atom stereocenters. The van der Waals surface area contributed by atoms with Crippen LogP contribution in [0.25, 0.3) is 22.3 Å². The number of carbonyl (C=O) groups excluding carboxylic acids is 1. The summed E-state index contributed by atoms with van der Waals surface area (Å²) >= 11 is 0. The second-order valence-corrected chi connectivity index (χ2v) is 9.70. The summed E-state index contributed by atoms with van der Waals surface area (Å²) in [5.41, 5.74) is 3.05. The van der Waals surface area contributed by atoms with Crippen LogP contribution in [0, 0.1) is 5.92 Å². The molecule has 0 aliphatic rings. The molecular formula is C22H25N7O3S. The number of sulfonamides is 1. The van der Waals surface area contributed by atoms with Gasteiger partial charge >= 0.3 is 0 Å². The number of hydrogen-bond donors (Lipinski definition) is 2. The molecular weight excluding hydrogens is 442 g/mol. The highest BCUT2D eigenvalue weighted by Crippen LogP contribution is 2.23. The molecule has 172 valence electrons. The van der Waals surface area contributed by atoms with Crippen LogP contribution in [-0.2, 0) is 28.4 Å². The second kappa shape index (κ2) is 8.75. The number of nitrogens with zero attached hydrogens (tertiary/aromatic N) is 5. The van der Waals surface area contributed by atoms with Crippen LogP contribution in [-0.4, -0.2) is 38.9 Å². The van der Waals surface area contributed by atoms with Gasteiger partial charge in [-0.25, -0.2) is 23.2 Å². The average Bonchev–Trinajstić information content (AvgIpc) is 3.37. The van der Waals surface area contributed by atoms with Gasteiger partial charge in [0, 0.05) is 12.6 Å². The summed E-state index contributed by atoms with van der Waals surface area (Å²) in [7, 11) is -1.86. The minimum atomic E-state index is -3.77. The zero-order valence-electron chi connectivity index (χ0n) is 18.5. The molecule has 0 saturated carbocycles. The van der Waals surface area contributed by atoms with Crippen LogP contribution in [0.3, 0.4) is 0 Å². The summed E-state index contributed by atoms with van der Waals surface area (Å²) in [6.45, 7) is 4.15. The Kier molecular flexibility index (Phi) is 6.00. The molecule has 0 bridgehead atoms. The highest BCUT2D eigenvalue weighted by Gasteiger charge is 2.26. The number of nitrogens with one attached hydrogen (secondary N) is 1. The highest BCUT2D eigenvalue weighted by atomic mass is 32.2. The number of aryl methyl sites for hydroxylation is 1. The number of carbonyl (C=O) groups is 1. The molecule has 0 fully saturated rings. The van der Waals surface area contributed by atoms with Crippen molar-refractivity contribution in [2.24, 2.45) is 18.1 Å². The number of amides is 1. The van der Waals surface area contributed by atoms with Crippen LogP contribution in [0.15, 0.2) is 59.6 Å². The molecule has 11 heteroatoms. The summed E-state index contributed by atoms with van der Waals surface area (Å²) in [5, 5.41) is 16.4. The summed E-state index contributed by atoms with van der Waals surface area (Å²) in [6, 6.07) is 13.2. The fourth-order valence-corrected chi connectivity index (χ4v) is 4.23. The first-order valence-electron chi connectivity index (χ1n) is 10.4. The van der Waals surface area contributed by atoms with Gasteiger partial charge in [-0.2, -0.15) is 0 Å². The number of fused-ring (bicyclic) bond motifs is 1. The molecule has 0 aliphatic carbocycles. The van der Waals surface area contributed by atoms with Gasteiger partial charge in [0.05, 0.1) is 28.7 Å². The van der Waals surface area contributed by atoms with Crippen LogP contribution in [0.4, 0.5) is 0 Å². The monoisotopic (exact) mass is 467 g/mol. The minimum Gasteiger partial charge on any atom is -0.347 e. The van der Waals surface area contributed by atoms with Crippen LogP contribution < -0.4 is 10.5 Å². The number of hydrogen-bond acceptors (Lipinski definition) is 6. The van der Waals surface area contributed by atoms with Crippen molar-refractivity contribution in [1.29, 1.82) is 0 Å². The van der Waals surface area contributed by atoms with E-state index < -0.39 is 16.1 Å². The quantitative estimate of drug-likeness (QED) is 0.426. The van der Waals surface area contributed by atoms with Crippen molar-refractivity contribution in [2.45, 2.75) is 31.3 Å². The van der Waals surface area contributed by atoms with E-state index in [2.05, 4.69) is 20.6 Å². The third kappa shape index (κ3) is 4.64. The number of nitrogens with two attached hydrogens (primary N) is 1. The third-order valence-corrected chi connectivity index (χ3v) is 6.40. The van der Waals surface area contributed by atoms with Crippen LogP contribution >= 0.6 is 0 Å². The van der Waals surface area contributed by atoms with E-state index in [-0.39, 0.29) is 23.3 Å². The second-order valence-electron chi connectivity index (χ2n) is 8.14. The summed E-state index contributed by atoms with van der Waals surface area (Å²) in [6.07, 6.45) is 1.67. The van der Waals surface area contributed by atoms with Crippen LogP contribution in [0.5, 0.6) is 0 Å². The Bertz CT molecular complexity index is 1410. The first-order chi connectivity index (χ1) is 15.6. The molecule has 2 aromatic heterocycles. The smallest absolute Gasteiger partial charge is 0.245 e. The van der Waals surface area contributed by atoms with Gasteiger partial charge in [0.1, 0.15) is 17.6 Å². The largest absolute Gasteiger partial charge is 0.347 e. The van der Waals surface area contributed by atoms with Gasteiger partial charge in [0.25, 0.3) is 0 Å². The number of imidazole rings is 1. The molecule has 2 aromatic carbocycles. The zero-order valence-corrected chi connectivity index (χ0v) is 19.3. The Morgan fingerprint density at radius 2 is 1.82 bits per heavy atom. The topological polar surface area (TPSA) is 138 Å². The van der Waals surface area contributed by atoms with Gasteiger partial charge < -0.3 is 9.88 Å². The summed E-state index contributed by atoms with van der Waals surface area (Å²) < 4.78 is 26.4. The number of benzene rings is 2. The molecule has 0 saturated heterocycles. The fraction of sp³-hybridized carbons (Fsp3) is 0.273. The molecule has 1 amide bonds. The van der Waals surface area contributed by atoms with E-state index in [1.165, 1.54) is 16.8 Å². The Labute approximate surface area is 191 Å². The molecule has 0 spiro atoms. The van der Waals surface area contributed by atoms with E-state index in [4.69, 9.17) is 5.14 Å². The number of rotatable bonds is 7. The Balaban J connectivity index is 1.52. The number of primary sulfonamides is 1. The maximum atomic E-state index is 13.1. The maximum Gasteiger partial charge on any atom is 0.245 e. The lowest BCUT2D eigenvalue weighted by molar-refractivity contribution is -0.126. The van der Waals surface area contributed by atoms with Crippen LogP contribution in [0.2, 0.25) is 0 Å². The molecule has 3 N–H and O–H groups in total. The van der Waals surface area contributed by atoms with Gasteiger partial charge in [0.2, 0.25) is 15.9 Å². The normalized spacial score (nSPS) is 12.9. The molecule has 2 heterocycles. The van der Waals surface area contributed by atoms with Crippen molar-refractivity contribution in [3.63, 3.8) is 0 Å². The molecule has 33 heavy (non-hydrogen) atoms. The molecule has 4 rings (SSSR count). The third-order valence-electron chi connectivity index (χ3n) is 5.47. The number of aromatic nitrogens is 5. The van der Waals surface area contributed by atoms with Crippen molar-refractivity contribution in [3.05, 3.63) is 60.6 Å². The van der Waals surface area contributed by atoms with Crippen LogP contribution in [0.1, 0.15) is 25.7 Å².